The van der Waals surface area contributed by atoms with E-state index in [2.05, 4.69) is 10.1 Å². The molecule has 0 spiro atoms. The van der Waals surface area contributed by atoms with Gasteiger partial charge in [-0.3, -0.25) is 9.59 Å². The number of hydrogen-bond donors (Lipinski definition) is 2. The third-order valence-electron chi connectivity index (χ3n) is 2.35. The number of halogens is 1. The van der Waals surface area contributed by atoms with Gasteiger partial charge in [0.2, 0.25) is 0 Å². The highest BCUT2D eigenvalue weighted by atomic mass is 35.5. The third kappa shape index (κ3) is 3.63. The van der Waals surface area contributed by atoms with Crippen LogP contribution in [0.3, 0.4) is 0 Å². The van der Waals surface area contributed by atoms with E-state index in [-0.39, 0.29) is 18.2 Å². The minimum Gasteiger partial charge on any atom is -0.508 e. The van der Waals surface area contributed by atoms with Crippen molar-refractivity contribution < 1.29 is 19.4 Å². The molecule has 0 fully saturated rings. The molecule has 0 bridgehead atoms. The SMILES string of the molecule is COC(=O)C(Cl)CNC(=O)c1ccc(O)cc1C. The number of nitrogens with one attached hydrogen (secondary N) is 1. The Morgan fingerprint density at radius 2 is 2.17 bits per heavy atom. The van der Waals surface area contributed by atoms with Crippen molar-refractivity contribution in [2.45, 2.75) is 12.3 Å². The van der Waals surface area contributed by atoms with Gasteiger partial charge in [-0.15, -0.1) is 11.6 Å². The molecule has 0 radical (unpaired) electrons. The second kappa shape index (κ2) is 6.26. The predicted molar refractivity (Wildman–Crippen MR) is 66.8 cm³/mol. The number of alkyl halides is 1. The van der Waals surface area contributed by atoms with E-state index in [9.17, 15) is 14.7 Å². The summed E-state index contributed by atoms with van der Waals surface area (Å²) in [5.41, 5.74) is 1.05. The lowest BCUT2D eigenvalue weighted by Gasteiger charge is -2.10. The van der Waals surface area contributed by atoms with Crippen molar-refractivity contribution in [3.8, 4) is 5.75 Å². The largest absolute Gasteiger partial charge is 0.508 e. The van der Waals surface area contributed by atoms with Crippen molar-refractivity contribution in [2.24, 2.45) is 0 Å². The smallest absolute Gasteiger partial charge is 0.325 e. The number of benzene rings is 1. The van der Waals surface area contributed by atoms with Crippen LogP contribution in [0.15, 0.2) is 18.2 Å². The Bertz CT molecular complexity index is 461. The molecule has 0 aliphatic carbocycles. The van der Waals surface area contributed by atoms with E-state index in [1.165, 1.54) is 25.3 Å². The van der Waals surface area contributed by atoms with Gasteiger partial charge in [-0.1, -0.05) is 0 Å². The van der Waals surface area contributed by atoms with E-state index in [4.69, 9.17) is 11.6 Å². The predicted octanol–water partition coefficient (Wildman–Crippen LogP) is 1.21. The Hall–Kier alpha value is -1.75. The van der Waals surface area contributed by atoms with Crippen LogP contribution < -0.4 is 5.32 Å². The van der Waals surface area contributed by atoms with Crippen LogP contribution in [0.5, 0.6) is 5.75 Å². The van der Waals surface area contributed by atoms with Crippen molar-refractivity contribution in [1.29, 1.82) is 0 Å². The van der Waals surface area contributed by atoms with E-state index in [0.29, 0.717) is 11.1 Å². The molecule has 0 aliphatic rings. The van der Waals surface area contributed by atoms with Crippen molar-refractivity contribution in [2.75, 3.05) is 13.7 Å². The molecule has 1 amide bonds. The highest BCUT2D eigenvalue weighted by Crippen LogP contribution is 2.15. The average molecular weight is 272 g/mol. The fraction of sp³-hybridized carbons (Fsp3) is 0.333. The summed E-state index contributed by atoms with van der Waals surface area (Å²) in [5, 5.41) is 10.8. The second-order valence-electron chi connectivity index (χ2n) is 3.70. The normalized spacial score (nSPS) is 11.7. The molecular weight excluding hydrogens is 258 g/mol. The summed E-state index contributed by atoms with van der Waals surface area (Å²) in [4.78, 5) is 22.8. The monoisotopic (exact) mass is 271 g/mol. The number of carbonyl (C=O) groups is 2. The number of phenolic OH excluding ortho intramolecular Hbond substituents is 1. The van der Waals surface area contributed by atoms with Crippen molar-refractivity contribution in [1.82, 2.24) is 5.32 Å². The summed E-state index contributed by atoms with van der Waals surface area (Å²) in [6.07, 6.45) is 0. The molecule has 0 saturated carbocycles. The van der Waals surface area contributed by atoms with Gasteiger partial charge in [0.1, 0.15) is 11.1 Å². The quantitative estimate of drug-likeness (QED) is 0.638. The van der Waals surface area contributed by atoms with E-state index in [1.807, 2.05) is 0 Å². The summed E-state index contributed by atoms with van der Waals surface area (Å²) in [6, 6.07) is 4.40. The average Bonchev–Trinajstić information content (AvgIpc) is 2.34. The summed E-state index contributed by atoms with van der Waals surface area (Å²) < 4.78 is 4.43. The fourth-order valence-electron chi connectivity index (χ4n) is 1.39. The zero-order chi connectivity index (χ0) is 13.7. The minimum atomic E-state index is -0.920. The van der Waals surface area contributed by atoms with Gasteiger partial charge in [0, 0.05) is 12.1 Å². The van der Waals surface area contributed by atoms with Crippen LogP contribution >= 0.6 is 11.6 Å². The first-order valence-electron chi connectivity index (χ1n) is 5.25. The van der Waals surface area contributed by atoms with Gasteiger partial charge >= 0.3 is 5.97 Å². The van der Waals surface area contributed by atoms with Crippen molar-refractivity contribution in [3.05, 3.63) is 29.3 Å². The first-order valence-corrected chi connectivity index (χ1v) is 5.69. The lowest BCUT2D eigenvalue weighted by atomic mass is 10.1. The molecule has 0 saturated heterocycles. The van der Waals surface area contributed by atoms with Gasteiger partial charge in [0.05, 0.1) is 7.11 Å². The van der Waals surface area contributed by atoms with Crippen LogP contribution in [0.25, 0.3) is 0 Å². The minimum absolute atomic E-state index is 0.0205. The maximum atomic E-state index is 11.8. The number of aromatic hydroxyl groups is 1. The van der Waals surface area contributed by atoms with Gasteiger partial charge in [0.15, 0.2) is 0 Å². The Morgan fingerprint density at radius 1 is 1.50 bits per heavy atom. The van der Waals surface area contributed by atoms with E-state index in [1.54, 1.807) is 6.92 Å². The van der Waals surface area contributed by atoms with Gasteiger partial charge in [-0.05, 0) is 30.7 Å². The molecule has 5 nitrogen and oxygen atoms in total. The molecule has 6 heteroatoms. The Labute approximate surface area is 110 Å². The zero-order valence-corrected chi connectivity index (χ0v) is 10.8. The standard InChI is InChI=1S/C12H14ClNO4/c1-7-5-8(15)3-4-9(7)11(16)14-6-10(13)12(17)18-2/h3-5,10,15H,6H2,1-2H3,(H,14,16). The van der Waals surface area contributed by atoms with E-state index >= 15 is 0 Å². The fourth-order valence-corrected chi connectivity index (χ4v) is 1.56. The molecule has 0 heterocycles. The summed E-state index contributed by atoms with van der Waals surface area (Å²) in [6.45, 7) is 1.68. The zero-order valence-electron chi connectivity index (χ0n) is 10.1. The molecule has 1 rings (SSSR count). The lowest BCUT2D eigenvalue weighted by Crippen LogP contribution is -2.34. The van der Waals surface area contributed by atoms with Crippen molar-refractivity contribution in [3.63, 3.8) is 0 Å². The number of esters is 1. The van der Waals surface area contributed by atoms with Gasteiger partial charge in [0.25, 0.3) is 5.91 Å². The van der Waals surface area contributed by atoms with Gasteiger partial charge in [-0.25, -0.2) is 0 Å². The molecule has 1 atom stereocenters. The molecule has 18 heavy (non-hydrogen) atoms. The molecule has 2 N–H and O–H groups in total. The number of carbonyl (C=O) groups excluding carboxylic acids is 2. The highest BCUT2D eigenvalue weighted by molar-refractivity contribution is 6.30. The molecule has 0 aliphatic heterocycles. The van der Waals surface area contributed by atoms with Crippen LogP contribution in [-0.2, 0) is 9.53 Å². The van der Waals surface area contributed by atoms with Crippen LogP contribution in [0.2, 0.25) is 0 Å². The van der Waals surface area contributed by atoms with Gasteiger partial charge in [-0.2, -0.15) is 0 Å². The molecule has 1 unspecified atom stereocenters. The Balaban J connectivity index is 2.63. The Kier molecular flexibility index (Phi) is 4.97. The molecular formula is C12H14ClNO4. The van der Waals surface area contributed by atoms with Crippen LogP contribution in [0, 0.1) is 6.92 Å². The number of amides is 1. The molecule has 1 aromatic rings. The topological polar surface area (TPSA) is 75.6 Å². The summed E-state index contributed by atoms with van der Waals surface area (Å²) in [5.74, 6) is -0.865. The van der Waals surface area contributed by atoms with E-state index < -0.39 is 11.3 Å². The first kappa shape index (κ1) is 14.3. The maximum Gasteiger partial charge on any atom is 0.325 e. The lowest BCUT2D eigenvalue weighted by molar-refractivity contribution is -0.140. The number of methoxy groups -OCH3 is 1. The number of phenols is 1. The summed E-state index contributed by atoms with van der Waals surface area (Å²) >= 11 is 5.70. The first-order chi connectivity index (χ1) is 8.45. The van der Waals surface area contributed by atoms with Crippen LogP contribution in [-0.4, -0.2) is 36.0 Å². The molecule has 98 valence electrons. The molecule has 0 aromatic heterocycles. The summed E-state index contributed by atoms with van der Waals surface area (Å²) in [7, 11) is 1.23. The number of ether oxygens (including phenoxy) is 1. The second-order valence-corrected chi connectivity index (χ2v) is 4.23. The number of hydrogen-bond acceptors (Lipinski definition) is 4. The number of aryl methyl sites for hydroxylation is 1. The van der Waals surface area contributed by atoms with Crippen LogP contribution in [0.4, 0.5) is 0 Å². The van der Waals surface area contributed by atoms with Crippen LogP contribution in [0.1, 0.15) is 15.9 Å². The third-order valence-corrected chi connectivity index (χ3v) is 2.69. The highest BCUT2D eigenvalue weighted by Gasteiger charge is 2.17. The maximum absolute atomic E-state index is 11.8. The number of rotatable bonds is 4. The van der Waals surface area contributed by atoms with Crippen molar-refractivity contribution >= 4 is 23.5 Å². The molecule has 1 aromatic carbocycles. The van der Waals surface area contributed by atoms with Gasteiger partial charge < -0.3 is 15.2 Å². The Morgan fingerprint density at radius 3 is 2.72 bits per heavy atom. The van der Waals surface area contributed by atoms with E-state index in [0.717, 1.165) is 0 Å².